The summed E-state index contributed by atoms with van der Waals surface area (Å²) in [4.78, 5) is 19.5. The number of carbonyl (C=O) groups is 2. The van der Waals surface area contributed by atoms with Crippen LogP contribution in [-0.2, 0) is 14.3 Å². The summed E-state index contributed by atoms with van der Waals surface area (Å²) in [6.45, 7) is 3.94. The molecule has 0 spiro atoms. The second-order valence-corrected chi connectivity index (χ2v) is 0.966. The SMILES string of the molecule is [CH2]C(=O)OC(C)=O. The molecule has 3 nitrogen and oxygen atoms in total. The largest absolute Gasteiger partial charge is 0.393 e. The van der Waals surface area contributed by atoms with E-state index in [2.05, 4.69) is 11.7 Å². The molecule has 0 bridgehead atoms. The summed E-state index contributed by atoms with van der Waals surface area (Å²) in [5.74, 6) is -1.44. The van der Waals surface area contributed by atoms with Gasteiger partial charge in [-0.1, -0.05) is 0 Å². The maximum atomic E-state index is 9.77. The topological polar surface area (TPSA) is 43.4 Å². The van der Waals surface area contributed by atoms with E-state index in [1.807, 2.05) is 0 Å². The average Bonchev–Trinajstić information content (AvgIpc) is 1.27. The van der Waals surface area contributed by atoms with Gasteiger partial charge < -0.3 is 4.74 Å². The molecular weight excluding hydrogens is 96.0 g/mol. The highest BCUT2D eigenvalue weighted by atomic mass is 16.6. The number of hydrogen-bond donors (Lipinski definition) is 0. The van der Waals surface area contributed by atoms with Crippen LogP contribution in [0.2, 0.25) is 0 Å². The van der Waals surface area contributed by atoms with Gasteiger partial charge in [0.2, 0.25) is 0 Å². The molecule has 0 aromatic heterocycles. The number of ether oxygens (including phenoxy) is 1. The molecule has 7 heavy (non-hydrogen) atoms. The predicted molar refractivity (Wildman–Crippen MR) is 22.1 cm³/mol. The van der Waals surface area contributed by atoms with Gasteiger partial charge in [-0.05, 0) is 0 Å². The van der Waals surface area contributed by atoms with Crippen molar-refractivity contribution in [2.45, 2.75) is 6.92 Å². The van der Waals surface area contributed by atoms with E-state index in [1.54, 1.807) is 0 Å². The predicted octanol–water partition coefficient (Wildman–Crippen LogP) is -0.0898. The van der Waals surface area contributed by atoms with Gasteiger partial charge in [-0.3, -0.25) is 9.59 Å². The Hall–Kier alpha value is -0.860. The van der Waals surface area contributed by atoms with E-state index < -0.39 is 11.9 Å². The molecule has 0 rings (SSSR count). The van der Waals surface area contributed by atoms with E-state index in [-0.39, 0.29) is 0 Å². The van der Waals surface area contributed by atoms with Crippen LogP contribution in [0, 0.1) is 6.92 Å². The van der Waals surface area contributed by atoms with Crippen LogP contribution in [-0.4, -0.2) is 11.9 Å². The molecule has 0 amide bonds. The van der Waals surface area contributed by atoms with Gasteiger partial charge in [0, 0.05) is 6.92 Å². The van der Waals surface area contributed by atoms with Crippen LogP contribution >= 0.6 is 0 Å². The Labute approximate surface area is 41.3 Å². The van der Waals surface area contributed by atoms with E-state index >= 15 is 0 Å². The first-order chi connectivity index (χ1) is 3.13. The zero-order valence-corrected chi connectivity index (χ0v) is 3.93. The molecule has 0 saturated heterocycles. The molecule has 3 heteroatoms. The van der Waals surface area contributed by atoms with Crippen molar-refractivity contribution in [1.82, 2.24) is 0 Å². The first kappa shape index (κ1) is 6.14. The van der Waals surface area contributed by atoms with Gasteiger partial charge in [-0.25, -0.2) is 0 Å². The second-order valence-electron chi connectivity index (χ2n) is 0.966. The summed E-state index contributed by atoms with van der Waals surface area (Å²) in [5.41, 5.74) is 0. The zero-order valence-electron chi connectivity index (χ0n) is 3.93. The molecule has 0 saturated carbocycles. The van der Waals surface area contributed by atoms with Crippen LogP contribution in [0.3, 0.4) is 0 Å². The summed E-state index contributed by atoms with van der Waals surface area (Å²) >= 11 is 0. The monoisotopic (exact) mass is 101 g/mol. The molecule has 0 fully saturated rings. The number of rotatable bonds is 0. The van der Waals surface area contributed by atoms with Gasteiger partial charge >= 0.3 is 11.9 Å². The van der Waals surface area contributed by atoms with Crippen molar-refractivity contribution < 1.29 is 14.3 Å². The second kappa shape index (κ2) is 2.34. The molecule has 1 radical (unpaired) electrons. The smallest absolute Gasteiger partial charge is 0.314 e. The lowest BCUT2D eigenvalue weighted by Crippen LogP contribution is -2.03. The summed E-state index contributed by atoms with van der Waals surface area (Å²) in [5, 5.41) is 0. The summed E-state index contributed by atoms with van der Waals surface area (Å²) in [7, 11) is 0. The van der Waals surface area contributed by atoms with Crippen molar-refractivity contribution in [2.75, 3.05) is 0 Å². The fraction of sp³-hybridized carbons (Fsp3) is 0.250. The van der Waals surface area contributed by atoms with Gasteiger partial charge in [0.15, 0.2) is 0 Å². The Kier molecular flexibility index (Phi) is 2.05. The molecule has 0 N–H and O–H groups in total. The van der Waals surface area contributed by atoms with Gasteiger partial charge in [-0.2, -0.15) is 0 Å². The third kappa shape index (κ3) is 5.14. The fourth-order valence-electron chi connectivity index (χ4n) is 0.160. The van der Waals surface area contributed by atoms with Crippen molar-refractivity contribution in [1.29, 1.82) is 0 Å². The van der Waals surface area contributed by atoms with Crippen LogP contribution in [0.5, 0.6) is 0 Å². The lowest BCUT2D eigenvalue weighted by atomic mass is 10.7. The zero-order chi connectivity index (χ0) is 5.86. The van der Waals surface area contributed by atoms with Crippen LogP contribution < -0.4 is 0 Å². The van der Waals surface area contributed by atoms with Crippen LogP contribution in [0.15, 0.2) is 0 Å². The maximum absolute atomic E-state index is 9.77. The number of carbonyl (C=O) groups excluding carboxylic acids is 2. The number of esters is 2. The maximum Gasteiger partial charge on any atom is 0.314 e. The summed E-state index contributed by atoms with van der Waals surface area (Å²) in [6, 6.07) is 0. The van der Waals surface area contributed by atoms with E-state index in [0.717, 1.165) is 6.92 Å². The lowest BCUT2D eigenvalue weighted by Gasteiger charge is -1.87. The third-order valence-corrected chi connectivity index (χ3v) is 0.258. The summed E-state index contributed by atoms with van der Waals surface area (Å²) < 4.78 is 3.86. The van der Waals surface area contributed by atoms with Gasteiger partial charge in [0.25, 0.3) is 0 Å². The lowest BCUT2D eigenvalue weighted by molar-refractivity contribution is -0.154. The Morgan fingerprint density at radius 1 is 1.57 bits per heavy atom. The molecule has 39 valence electrons. The van der Waals surface area contributed by atoms with Crippen LogP contribution in [0.1, 0.15) is 6.92 Å². The average molecular weight is 101 g/mol. The number of hydrogen-bond acceptors (Lipinski definition) is 3. The Balaban J connectivity index is 3.32. The first-order valence-electron chi connectivity index (χ1n) is 1.67. The highest BCUT2D eigenvalue weighted by Crippen LogP contribution is 1.73. The Bertz CT molecular complexity index is 83.1. The molecule has 0 aromatic carbocycles. The highest BCUT2D eigenvalue weighted by Gasteiger charge is 1.93. The molecular formula is C4H5O3. The van der Waals surface area contributed by atoms with E-state index in [1.165, 1.54) is 0 Å². The van der Waals surface area contributed by atoms with E-state index in [9.17, 15) is 9.59 Å². The van der Waals surface area contributed by atoms with Crippen LogP contribution in [0.25, 0.3) is 0 Å². The molecule has 0 unspecified atom stereocenters. The van der Waals surface area contributed by atoms with Crippen molar-refractivity contribution in [2.24, 2.45) is 0 Å². The molecule has 0 aliphatic rings. The van der Waals surface area contributed by atoms with Crippen molar-refractivity contribution in [3.05, 3.63) is 6.92 Å². The molecule has 0 aromatic rings. The van der Waals surface area contributed by atoms with Gasteiger partial charge in [0.05, 0.1) is 6.92 Å². The van der Waals surface area contributed by atoms with E-state index in [0.29, 0.717) is 0 Å². The molecule has 0 aliphatic heterocycles. The molecule has 0 heterocycles. The van der Waals surface area contributed by atoms with Crippen molar-refractivity contribution in [3.8, 4) is 0 Å². The normalized spacial score (nSPS) is 7.71. The van der Waals surface area contributed by atoms with E-state index in [4.69, 9.17) is 0 Å². The highest BCUT2D eigenvalue weighted by molar-refractivity contribution is 5.86. The minimum atomic E-state index is -0.813. The Morgan fingerprint density at radius 2 is 2.00 bits per heavy atom. The minimum absolute atomic E-state index is 0.625. The minimum Gasteiger partial charge on any atom is -0.393 e. The first-order valence-corrected chi connectivity index (χ1v) is 1.67. The fourth-order valence-corrected chi connectivity index (χ4v) is 0.160. The van der Waals surface area contributed by atoms with Gasteiger partial charge in [-0.15, -0.1) is 0 Å². The van der Waals surface area contributed by atoms with Gasteiger partial charge in [0.1, 0.15) is 0 Å². The Morgan fingerprint density at radius 3 is 2.00 bits per heavy atom. The quantitative estimate of drug-likeness (QED) is 0.316. The third-order valence-electron chi connectivity index (χ3n) is 0.258. The van der Waals surface area contributed by atoms with Crippen molar-refractivity contribution in [3.63, 3.8) is 0 Å². The summed E-state index contributed by atoms with van der Waals surface area (Å²) in [6.07, 6.45) is 0. The van der Waals surface area contributed by atoms with Crippen LogP contribution in [0.4, 0.5) is 0 Å². The van der Waals surface area contributed by atoms with Crippen molar-refractivity contribution >= 4 is 11.9 Å². The molecule has 0 atom stereocenters. The molecule has 0 aliphatic carbocycles. The standard InChI is InChI=1S/C4H5O3/c1-3(5)7-4(2)6/h1H2,2H3.